The minimum absolute atomic E-state index is 0.149. The summed E-state index contributed by atoms with van der Waals surface area (Å²) in [5, 5.41) is 12.6. The third-order valence-electron chi connectivity index (χ3n) is 4.21. The number of aryl methyl sites for hydroxylation is 2. The van der Waals surface area contributed by atoms with E-state index in [1.165, 1.54) is 11.1 Å². The zero-order valence-corrected chi connectivity index (χ0v) is 10.6. The number of aliphatic carboxylic acids is 1. The number of hydrogen-bond acceptors (Lipinski definition) is 2. The van der Waals surface area contributed by atoms with Gasteiger partial charge in [-0.1, -0.05) is 24.3 Å². The Balaban J connectivity index is 2.17. The lowest BCUT2D eigenvalue weighted by molar-refractivity contribution is -0.139. The fourth-order valence-corrected chi connectivity index (χ4v) is 3.29. The molecule has 0 spiro atoms. The van der Waals surface area contributed by atoms with Gasteiger partial charge in [0.1, 0.15) is 6.04 Å². The molecule has 0 bridgehead atoms. The van der Waals surface area contributed by atoms with Crippen molar-refractivity contribution in [2.75, 3.05) is 5.32 Å². The van der Waals surface area contributed by atoms with Gasteiger partial charge in [0, 0.05) is 17.5 Å². The van der Waals surface area contributed by atoms with Crippen LogP contribution in [0.1, 0.15) is 29.0 Å². The lowest BCUT2D eigenvalue weighted by Crippen LogP contribution is -2.42. The Morgan fingerprint density at radius 2 is 2.06 bits per heavy atom. The number of benzene rings is 1. The molecule has 3 heteroatoms. The number of allylic oxidation sites excluding steroid dienone is 2. The average molecular weight is 243 g/mol. The topological polar surface area (TPSA) is 49.3 Å². The third-order valence-corrected chi connectivity index (χ3v) is 4.21. The van der Waals surface area contributed by atoms with E-state index in [0.717, 1.165) is 17.7 Å². The van der Waals surface area contributed by atoms with Gasteiger partial charge in [0.2, 0.25) is 0 Å². The van der Waals surface area contributed by atoms with E-state index in [-0.39, 0.29) is 11.8 Å². The first-order valence-electron chi connectivity index (χ1n) is 6.35. The van der Waals surface area contributed by atoms with Crippen molar-refractivity contribution >= 4 is 11.7 Å². The molecule has 0 aromatic heterocycles. The highest BCUT2D eigenvalue weighted by molar-refractivity contribution is 5.81. The second kappa shape index (κ2) is 3.87. The number of anilines is 1. The first-order valence-corrected chi connectivity index (χ1v) is 6.35. The fraction of sp³-hybridized carbons (Fsp3) is 0.400. The molecule has 0 fully saturated rings. The smallest absolute Gasteiger partial charge is 0.326 e. The molecule has 0 amide bonds. The van der Waals surface area contributed by atoms with E-state index in [1.807, 2.05) is 6.92 Å². The Labute approximate surface area is 107 Å². The van der Waals surface area contributed by atoms with Gasteiger partial charge in [0.05, 0.1) is 0 Å². The molecule has 0 saturated heterocycles. The molecule has 94 valence electrons. The first-order chi connectivity index (χ1) is 8.59. The molecule has 0 saturated carbocycles. The van der Waals surface area contributed by atoms with Crippen LogP contribution >= 0.6 is 0 Å². The van der Waals surface area contributed by atoms with Crippen LogP contribution in [0.5, 0.6) is 0 Å². The van der Waals surface area contributed by atoms with Crippen LogP contribution in [0.3, 0.4) is 0 Å². The van der Waals surface area contributed by atoms with Gasteiger partial charge in [-0.15, -0.1) is 0 Å². The highest BCUT2D eigenvalue weighted by Crippen LogP contribution is 2.46. The highest BCUT2D eigenvalue weighted by atomic mass is 16.4. The Morgan fingerprint density at radius 1 is 1.33 bits per heavy atom. The van der Waals surface area contributed by atoms with E-state index in [1.54, 1.807) is 0 Å². The van der Waals surface area contributed by atoms with Crippen LogP contribution in [0.4, 0.5) is 5.69 Å². The minimum Gasteiger partial charge on any atom is -0.480 e. The van der Waals surface area contributed by atoms with Crippen LogP contribution in [0.2, 0.25) is 0 Å². The van der Waals surface area contributed by atoms with Crippen molar-refractivity contribution in [3.8, 4) is 0 Å². The summed E-state index contributed by atoms with van der Waals surface area (Å²) in [6.45, 7) is 4.13. The molecule has 1 aromatic rings. The number of nitrogens with one attached hydrogen (secondary N) is 1. The molecule has 2 aliphatic rings. The number of fused-ring (bicyclic) bond motifs is 3. The van der Waals surface area contributed by atoms with Crippen LogP contribution in [-0.2, 0) is 4.79 Å². The number of carbonyl (C=O) groups is 1. The van der Waals surface area contributed by atoms with Crippen LogP contribution in [0.25, 0.3) is 0 Å². The summed E-state index contributed by atoms with van der Waals surface area (Å²) in [7, 11) is 0. The molecule has 1 aromatic carbocycles. The number of carboxylic acids is 1. The van der Waals surface area contributed by atoms with Gasteiger partial charge in [-0.25, -0.2) is 4.79 Å². The van der Waals surface area contributed by atoms with Gasteiger partial charge >= 0.3 is 5.97 Å². The van der Waals surface area contributed by atoms with Crippen LogP contribution < -0.4 is 5.32 Å². The summed E-state index contributed by atoms with van der Waals surface area (Å²) in [4.78, 5) is 11.4. The van der Waals surface area contributed by atoms with Crippen molar-refractivity contribution in [2.24, 2.45) is 5.92 Å². The quantitative estimate of drug-likeness (QED) is 0.746. The van der Waals surface area contributed by atoms with E-state index in [4.69, 9.17) is 0 Å². The van der Waals surface area contributed by atoms with Gasteiger partial charge < -0.3 is 10.4 Å². The van der Waals surface area contributed by atoms with Crippen molar-refractivity contribution in [3.63, 3.8) is 0 Å². The van der Waals surface area contributed by atoms with E-state index < -0.39 is 12.0 Å². The summed E-state index contributed by atoms with van der Waals surface area (Å²) in [6.07, 6.45) is 5.14. The molecule has 1 aliphatic heterocycles. The number of rotatable bonds is 1. The molecule has 1 heterocycles. The monoisotopic (exact) mass is 243 g/mol. The van der Waals surface area contributed by atoms with Gasteiger partial charge in [0.25, 0.3) is 0 Å². The van der Waals surface area contributed by atoms with Crippen LogP contribution in [0.15, 0.2) is 24.3 Å². The molecule has 3 atom stereocenters. The molecule has 1 aliphatic carbocycles. The Hall–Kier alpha value is -1.77. The molecule has 3 nitrogen and oxygen atoms in total. The third kappa shape index (κ3) is 1.47. The summed E-state index contributed by atoms with van der Waals surface area (Å²) in [5.74, 6) is -0.349. The van der Waals surface area contributed by atoms with E-state index >= 15 is 0 Å². The first kappa shape index (κ1) is 11.3. The summed E-state index contributed by atoms with van der Waals surface area (Å²) < 4.78 is 0. The van der Waals surface area contributed by atoms with Crippen LogP contribution in [0, 0.1) is 19.8 Å². The minimum atomic E-state index is -0.750. The lowest BCUT2D eigenvalue weighted by Gasteiger charge is -2.36. The molecule has 18 heavy (non-hydrogen) atoms. The molecule has 0 radical (unpaired) electrons. The number of hydrogen-bond donors (Lipinski definition) is 2. The highest BCUT2D eigenvalue weighted by Gasteiger charge is 2.41. The maximum Gasteiger partial charge on any atom is 0.326 e. The molecule has 0 unspecified atom stereocenters. The Bertz CT molecular complexity index is 548. The predicted octanol–water partition coefficient (Wildman–Crippen LogP) is 2.84. The molecule has 2 N–H and O–H groups in total. The summed E-state index contributed by atoms with van der Waals surface area (Å²) in [5.41, 5.74) is 4.68. The van der Waals surface area contributed by atoms with Crippen molar-refractivity contribution in [3.05, 3.63) is 41.0 Å². The standard InChI is InChI=1S/C15H17NO2/c1-8-6-7-9(2)13-12(8)10-4-3-5-11(10)14(16-13)15(17)18/h3-4,6-7,10-11,14,16H,5H2,1-2H3,(H,17,18)/t10-,11+,14-/m0/s1. The summed E-state index contributed by atoms with van der Waals surface area (Å²) >= 11 is 0. The van der Waals surface area contributed by atoms with Crippen molar-refractivity contribution in [2.45, 2.75) is 32.2 Å². The van der Waals surface area contributed by atoms with Crippen molar-refractivity contribution in [1.29, 1.82) is 0 Å². The number of carboxylic acid groups (broad SMARTS) is 1. The van der Waals surface area contributed by atoms with Crippen LogP contribution in [-0.4, -0.2) is 17.1 Å². The Kier molecular flexibility index (Phi) is 2.44. The van der Waals surface area contributed by atoms with Gasteiger partial charge in [-0.05, 0) is 37.0 Å². The van der Waals surface area contributed by atoms with Gasteiger partial charge in [-0.2, -0.15) is 0 Å². The van der Waals surface area contributed by atoms with E-state index in [9.17, 15) is 9.90 Å². The zero-order chi connectivity index (χ0) is 12.9. The second-order valence-electron chi connectivity index (χ2n) is 5.30. The largest absolute Gasteiger partial charge is 0.480 e. The van der Waals surface area contributed by atoms with Crippen molar-refractivity contribution in [1.82, 2.24) is 0 Å². The second-order valence-corrected chi connectivity index (χ2v) is 5.30. The lowest BCUT2D eigenvalue weighted by atomic mass is 9.77. The van der Waals surface area contributed by atoms with Gasteiger partial charge in [-0.3, -0.25) is 0 Å². The predicted molar refractivity (Wildman–Crippen MR) is 71.0 cm³/mol. The zero-order valence-electron chi connectivity index (χ0n) is 10.6. The van der Waals surface area contributed by atoms with E-state index in [2.05, 4.69) is 36.5 Å². The average Bonchev–Trinajstić information content (AvgIpc) is 2.81. The molecule has 3 rings (SSSR count). The van der Waals surface area contributed by atoms with E-state index in [0.29, 0.717) is 0 Å². The SMILES string of the molecule is Cc1ccc(C)c2c1N[C@H](C(=O)O)[C@@H]1CC=C[C@H]21. The molecular weight excluding hydrogens is 226 g/mol. The van der Waals surface area contributed by atoms with Crippen molar-refractivity contribution < 1.29 is 9.90 Å². The van der Waals surface area contributed by atoms with Gasteiger partial charge in [0.15, 0.2) is 0 Å². The Morgan fingerprint density at radius 3 is 2.78 bits per heavy atom. The maximum atomic E-state index is 11.4. The fourth-order valence-electron chi connectivity index (χ4n) is 3.29. The maximum absolute atomic E-state index is 11.4. The normalized spacial score (nSPS) is 28.4. The molecular formula is C15H17NO2. The summed E-state index contributed by atoms with van der Waals surface area (Å²) in [6, 6.07) is 3.71.